The Morgan fingerprint density at radius 1 is 1.05 bits per heavy atom. The molecule has 0 N–H and O–H groups in total. The van der Waals surface area contributed by atoms with Crippen LogP contribution in [0.3, 0.4) is 0 Å². The summed E-state index contributed by atoms with van der Waals surface area (Å²) in [4.78, 5) is 3.88. The van der Waals surface area contributed by atoms with Gasteiger partial charge in [-0.15, -0.1) is 0 Å². The summed E-state index contributed by atoms with van der Waals surface area (Å²) < 4.78 is 39.4. The van der Waals surface area contributed by atoms with Crippen molar-refractivity contribution in [2.45, 2.75) is 6.18 Å². The van der Waals surface area contributed by atoms with Crippen LogP contribution in [-0.2, 0) is 6.18 Å². The van der Waals surface area contributed by atoms with Crippen molar-refractivity contribution in [2.75, 3.05) is 0 Å². The van der Waals surface area contributed by atoms with Crippen molar-refractivity contribution in [3.05, 3.63) is 48.7 Å². The maximum absolute atomic E-state index is 13.1. The van der Waals surface area contributed by atoms with Crippen molar-refractivity contribution in [1.29, 1.82) is 0 Å². The smallest absolute Gasteiger partial charge is 0.250 e. The monoisotopic (exact) mass is 451 g/mol. The summed E-state index contributed by atoms with van der Waals surface area (Å²) in [5.41, 5.74) is -0.651. The van der Waals surface area contributed by atoms with Crippen LogP contribution in [-0.4, -0.2) is 4.98 Å². The summed E-state index contributed by atoms with van der Waals surface area (Å²) in [5, 5.41) is 0.272. The van der Waals surface area contributed by atoms with Crippen LogP contribution in [0.2, 0.25) is 15.1 Å². The third-order valence-electron chi connectivity index (χ3n) is 2.48. The van der Waals surface area contributed by atoms with Gasteiger partial charge < -0.3 is 0 Å². The van der Waals surface area contributed by atoms with Gasteiger partial charge >= 0.3 is 6.18 Å². The second-order valence-corrected chi connectivity index (χ2v) is 5.99. The fraction of sp³-hybridized carbons (Fsp3) is 0.0833. The van der Waals surface area contributed by atoms with E-state index in [1.54, 1.807) is 22.6 Å². The second-order valence-electron chi connectivity index (χ2n) is 3.78. The molecule has 1 heterocycles. The second kappa shape index (κ2) is 5.87. The number of pyridine rings is 1. The third-order valence-corrected chi connectivity index (χ3v) is 4.50. The molecule has 0 aliphatic carbocycles. The summed E-state index contributed by atoms with van der Waals surface area (Å²) in [5.74, 6) is 0. The van der Waals surface area contributed by atoms with E-state index in [0.717, 1.165) is 12.3 Å². The highest BCUT2D eigenvalue weighted by Gasteiger charge is 2.35. The summed E-state index contributed by atoms with van der Waals surface area (Å²) >= 11 is 19.3. The molecule has 0 aliphatic rings. The zero-order chi connectivity index (χ0) is 15.1. The maximum Gasteiger partial charge on any atom is 0.417 e. The first-order valence-corrected chi connectivity index (χ1v) is 7.29. The molecular weight excluding hydrogens is 448 g/mol. The van der Waals surface area contributed by atoms with Gasteiger partial charge in [0.05, 0.1) is 20.6 Å². The van der Waals surface area contributed by atoms with Gasteiger partial charge in [-0.25, -0.2) is 4.98 Å². The Balaban J connectivity index is 2.76. The average Bonchev–Trinajstić information content (AvgIpc) is 2.34. The van der Waals surface area contributed by atoms with Gasteiger partial charge in [0, 0.05) is 11.8 Å². The molecule has 0 aliphatic heterocycles. The first-order chi connectivity index (χ1) is 9.21. The molecule has 2 aromatic rings. The summed E-state index contributed by atoms with van der Waals surface area (Å²) in [6.45, 7) is 0. The molecule has 0 fully saturated rings. The number of hydrogen-bond donors (Lipinski definition) is 0. The zero-order valence-electron chi connectivity index (χ0n) is 9.40. The predicted octanol–water partition coefficient (Wildman–Crippen LogP) is 6.33. The molecule has 0 spiro atoms. The van der Waals surface area contributed by atoms with Crippen LogP contribution in [0.5, 0.6) is 0 Å². The lowest BCUT2D eigenvalue weighted by Gasteiger charge is -2.15. The standard InChI is InChI=1S/C12H4Cl3F3IN/c13-7-3-5(4-8(14)10(7)15)9-6(12(16,17)18)1-2-20-11(9)19/h1-4H. The Morgan fingerprint density at radius 2 is 1.60 bits per heavy atom. The molecule has 1 nitrogen and oxygen atoms in total. The molecule has 0 atom stereocenters. The Hall–Kier alpha value is -0.240. The summed E-state index contributed by atoms with van der Waals surface area (Å²) in [7, 11) is 0. The number of hydrogen-bond acceptors (Lipinski definition) is 1. The van der Waals surface area contributed by atoms with Gasteiger partial charge in [-0.1, -0.05) is 34.8 Å². The average molecular weight is 452 g/mol. The van der Waals surface area contributed by atoms with E-state index in [9.17, 15) is 13.2 Å². The number of halogens is 7. The fourth-order valence-corrected chi connectivity index (χ4v) is 3.01. The van der Waals surface area contributed by atoms with Crippen LogP contribution in [0, 0.1) is 3.70 Å². The van der Waals surface area contributed by atoms with Gasteiger partial charge in [0.1, 0.15) is 3.70 Å². The lowest BCUT2D eigenvalue weighted by atomic mass is 10.0. The predicted molar refractivity (Wildman–Crippen MR) is 82.4 cm³/mol. The third kappa shape index (κ3) is 3.16. The quantitative estimate of drug-likeness (QED) is 0.280. The van der Waals surface area contributed by atoms with Crippen LogP contribution >= 0.6 is 57.4 Å². The molecule has 0 saturated heterocycles. The molecule has 1 aromatic carbocycles. The zero-order valence-corrected chi connectivity index (χ0v) is 13.8. The van der Waals surface area contributed by atoms with E-state index in [2.05, 4.69) is 4.98 Å². The Morgan fingerprint density at radius 3 is 2.10 bits per heavy atom. The normalized spacial score (nSPS) is 11.8. The van der Waals surface area contributed by atoms with Gasteiger partial charge in [0.15, 0.2) is 0 Å². The van der Waals surface area contributed by atoms with Crippen molar-refractivity contribution >= 4 is 57.4 Å². The highest BCUT2D eigenvalue weighted by Crippen LogP contribution is 2.42. The molecular formula is C12H4Cl3F3IN. The Bertz CT molecular complexity index is 650. The van der Waals surface area contributed by atoms with E-state index in [-0.39, 0.29) is 29.9 Å². The molecule has 0 unspecified atom stereocenters. The number of alkyl halides is 3. The van der Waals surface area contributed by atoms with Crippen LogP contribution in [0.4, 0.5) is 13.2 Å². The molecule has 1 aromatic heterocycles. The minimum atomic E-state index is -4.50. The highest BCUT2D eigenvalue weighted by molar-refractivity contribution is 14.1. The molecule has 2 rings (SSSR count). The van der Waals surface area contributed by atoms with E-state index in [0.29, 0.717) is 0 Å². The van der Waals surface area contributed by atoms with E-state index in [1.807, 2.05) is 0 Å². The molecule has 0 saturated carbocycles. The summed E-state index contributed by atoms with van der Waals surface area (Å²) in [6, 6.07) is 3.59. The van der Waals surface area contributed by atoms with Gasteiger partial charge in [-0.3, -0.25) is 0 Å². The van der Waals surface area contributed by atoms with Crippen LogP contribution in [0.25, 0.3) is 11.1 Å². The van der Waals surface area contributed by atoms with Crippen molar-refractivity contribution in [3.63, 3.8) is 0 Å². The van der Waals surface area contributed by atoms with Crippen molar-refractivity contribution in [1.82, 2.24) is 4.98 Å². The highest BCUT2D eigenvalue weighted by atomic mass is 127. The van der Waals surface area contributed by atoms with Gasteiger partial charge in [-0.05, 0) is 46.4 Å². The van der Waals surface area contributed by atoms with E-state index in [4.69, 9.17) is 34.8 Å². The molecule has 106 valence electrons. The van der Waals surface area contributed by atoms with E-state index < -0.39 is 11.7 Å². The van der Waals surface area contributed by atoms with Crippen molar-refractivity contribution < 1.29 is 13.2 Å². The lowest BCUT2D eigenvalue weighted by molar-refractivity contribution is -0.137. The number of nitrogens with zero attached hydrogens (tertiary/aromatic N) is 1. The van der Waals surface area contributed by atoms with Gasteiger partial charge in [0.2, 0.25) is 0 Å². The van der Waals surface area contributed by atoms with Gasteiger partial charge in [0.25, 0.3) is 0 Å². The summed E-state index contributed by atoms with van der Waals surface area (Å²) in [6.07, 6.45) is -3.40. The van der Waals surface area contributed by atoms with E-state index >= 15 is 0 Å². The van der Waals surface area contributed by atoms with Crippen LogP contribution < -0.4 is 0 Å². The van der Waals surface area contributed by atoms with Crippen molar-refractivity contribution in [2.24, 2.45) is 0 Å². The topological polar surface area (TPSA) is 12.9 Å². The molecule has 0 amide bonds. The number of rotatable bonds is 1. The molecule has 0 bridgehead atoms. The first-order valence-electron chi connectivity index (χ1n) is 5.08. The minimum absolute atomic E-state index is 0.0685. The Labute approximate surface area is 141 Å². The maximum atomic E-state index is 13.1. The molecule has 8 heteroatoms. The van der Waals surface area contributed by atoms with Crippen LogP contribution in [0.15, 0.2) is 24.4 Å². The van der Waals surface area contributed by atoms with E-state index in [1.165, 1.54) is 12.1 Å². The Kier molecular flexibility index (Phi) is 4.73. The molecule has 20 heavy (non-hydrogen) atoms. The largest absolute Gasteiger partial charge is 0.417 e. The van der Waals surface area contributed by atoms with Gasteiger partial charge in [-0.2, -0.15) is 13.2 Å². The molecule has 0 radical (unpaired) electrons. The minimum Gasteiger partial charge on any atom is -0.250 e. The lowest BCUT2D eigenvalue weighted by Crippen LogP contribution is -2.09. The van der Waals surface area contributed by atoms with Crippen LogP contribution in [0.1, 0.15) is 5.56 Å². The first kappa shape index (κ1) is 16.1. The number of benzene rings is 1. The fourth-order valence-electron chi connectivity index (χ4n) is 1.65. The number of aromatic nitrogens is 1. The SMILES string of the molecule is FC(F)(F)c1ccnc(I)c1-c1cc(Cl)c(Cl)c(Cl)c1. The van der Waals surface area contributed by atoms with Crippen molar-refractivity contribution in [3.8, 4) is 11.1 Å².